The van der Waals surface area contributed by atoms with Crippen molar-refractivity contribution in [3.05, 3.63) is 59.2 Å². The number of esters is 1. The largest absolute Gasteiger partial charge is 0.497 e. The minimum atomic E-state index is -0.495. The zero-order valence-corrected chi connectivity index (χ0v) is 13.6. The van der Waals surface area contributed by atoms with E-state index in [9.17, 15) is 9.59 Å². The molecule has 24 heavy (non-hydrogen) atoms. The van der Waals surface area contributed by atoms with Crippen molar-refractivity contribution < 1.29 is 23.8 Å². The molecular weight excluding hydrogens is 310 g/mol. The van der Waals surface area contributed by atoms with E-state index in [1.165, 1.54) is 7.11 Å². The Morgan fingerprint density at radius 2 is 1.71 bits per heavy atom. The summed E-state index contributed by atoms with van der Waals surface area (Å²) in [5, 5.41) is 0. The zero-order valence-electron chi connectivity index (χ0n) is 13.6. The number of carbonyl (C=O) groups is 2. The molecule has 2 rings (SSSR count). The Morgan fingerprint density at radius 1 is 1.00 bits per heavy atom. The maximum Gasteiger partial charge on any atom is 0.310 e. The van der Waals surface area contributed by atoms with Crippen molar-refractivity contribution in [3.8, 4) is 11.5 Å². The monoisotopic (exact) mass is 329 g/mol. The number of benzene rings is 2. The summed E-state index contributed by atoms with van der Waals surface area (Å²) in [5.41, 5.74) is 7.07. The topological polar surface area (TPSA) is 87.9 Å². The van der Waals surface area contributed by atoms with E-state index in [2.05, 4.69) is 0 Å². The van der Waals surface area contributed by atoms with Gasteiger partial charge in [-0.1, -0.05) is 18.2 Å². The maximum absolute atomic E-state index is 12.0. The first-order chi connectivity index (χ1) is 11.5. The van der Waals surface area contributed by atoms with Crippen LogP contribution in [0.1, 0.15) is 21.5 Å². The van der Waals surface area contributed by atoms with Gasteiger partial charge in [0.15, 0.2) is 0 Å². The number of hydrogen-bond donors (Lipinski definition) is 1. The Hall–Kier alpha value is -3.02. The fourth-order valence-corrected chi connectivity index (χ4v) is 2.13. The number of methoxy groups -OCH3 is 2. The summed E-state index contributed by atoms with van der Waals surface area (Å²) in [6.45, 7) is 0.121. The van der Waals surface area contributed by atoms with Gasteiger partial charge in [-0.3, -0.25) is 9.59 Å². The molecule has 1 amide bonds. The molecule has 0 heterocycles. The van der Waals surface area contributed by atoms with Crippen molar-refractivity contribution in [2.75, 3.05) is 14.2 Å². The van der Waals surface area contributed by atoms with E-state index in [0.29, 0.717) is 22.6 Å². The third-order valence-corrected chi connectivity index (χ3v) is 3.47. The number of ether oxygens (including phenoxy) is 3. The van der Waals surface area contributed by atoms with Gasteiger partial charge >= 0.3 is 5.97 Å². The number of rotatable bonds is 7. The average Bonchev–Trinajstić information content (AvgIpc) is 2.60. The van der Waals surface area contributed by atoms with Crippen LogP contribution in [-0.4, -0.2) is 26.1 Å². The molecule has 0 unspecified atom stereocenters. The summed E-state index contributed by atoms with van der Waals surface area (Å²) < 4.78 is 15.6. The van der Waals surface area contributed by atoms with Crippen LogP contribution < -0.4 is 15.2 Å². The zero-order chi connectivity index (χ0) is 17.5. The van der Waals surface area contributed by atoms with Gasteiger partial charge in [0, 0.05) is 17.2 Å². The lowest BCUT2D eigenvalue weighted by molar-refractivity contribution is -0.144. The second-order valence-corrected chi connectivity index (χ2v) is 5.08. The smallest absolute Gasteiger partial charge is 0.310 e. The minimum absolute atomic E-state index is 0.0898. The number of nitrogens with two attached hydrogens (primary N) is 1. The minimum Gasteiger partial charge on any atom is -0.497 e. The molecule has 0 aliphatic carbocycles. The molecule has 0 saturated carbocycles. The lowest BCUT2D eigenvalue weighted by atomic mass is 10.1. The molecule has 0 spiro atoms. The van der Waals surface area contributed by atoms with Crippen LogP contribution in [0, 0.1) is 0 Å². The molecule has 0 bridgehead atoms. The predicted molar refractivity (Wildman–Crippen MR) is 88.0 cm³/mol. The second kappa shape index (κ2) is 8.01. The van der Waals surface area contributed by atoms with Gasteiger partial charge in [-0.05, 0) is 23.8 Å². The highest BCUT2D eigenvalue weighted by molar-refractivity contribution is 5.92. The van der Waals surface area contributed by atoms with Gasteiger partial charge < -0.3 is 19.9 Å². The SMILES string of the molecule is COc1ccc(CC(=O)OCc2ccc(C(N)=O)cc2)c(OC)c1. The van der Waals surface area contributed by atoms with Crippen molar-refractivity contribution in [2.45, 2.75) is 13.0 Å². The molecular formula is C18H19NO5. The summed E-state index contributed by atoms with van der Waals surface area (Å²) in [6, 6.07) is 11.8. The molecule has 6 heteroatoms. The van der Waals surface area contributed by atoms with Crippen LogP contribution in [0.25, 0.3) is 0 Å². The van der Waals surface area contributed by atoms with Crippen LogP contribution in [0.5, 0.6) is 11.5 Å². The summed E-state index contributed by atoms with van der Waals surface area (Å²) in [4.78, 5) is 23.0. The van der Waals surface area contributed by atoms with E-state index in [-0.39, 0.29) is 19.0 Å². The van der Waals surface area contributed by atoms with E-state index in [1.54, 1.807) is 49.6 Å². The summed E-state index contributed by atoms with van der Waals surface area (Å²) in [7, 11) is 3.09. The third-order valence-electron chi connectivity index (χ3n) is 3.47. The lowest BCUT2D eigenvalue weighted by Gasteiger charge is -2.10. The van der Waals surface area contributed by atoms with Gasteiger partial charge in [0.25, 0.3) is 0 Å². The Labute approximate surface area is 140 Å². The molecule has 126 valence electrons. The highest BCUT2D eigenvalue weighted by atomic mass is 16.5. The molecule has 2 aromatic rings. The Bertz CT molecular complexity index is 725. The molecule has 0 fully saturated rings. The molecule has 0 aromatic heterocycles. The molecule has 0 radical (unpaired) electrons. The van der Waals surface area contributed by atoms with E-state index in [1.807, 2.05) is 0 Å². The van der Waals surface area contributed by atoms with Crippen LogP contribution in [0.15, 0.2) is 42.5 Å². The second-order valence-electron chi connectivity index (χ2n) is 5.08. The van der Waals surface area contributed by atoms with Crippen molar-refractivity contribution in [2.24, 2.45) is 5.73 Å². The highest BCUT2D eigenvalue weighted by Gasteiger charge is 2.11. The normalized spacial score (nSPS) is 10.1. The van der Waals surface area contributed by atoms with Gasteiger partial charge in [-0.15, -0.1) is 0 Å². The Balaban J connectivity index is 1.94. The average molecular weight is 329 g/mol. The van der Waals surface area contributed by atoms with Crippen LogP contribution >= 0.6 is 0 Å². The lowest BCUT2D eigenvalue weighted by Crippen LogP contribution is -2.11. The molecule has 2 aromatic carbocycles. The van der Waals surface area contributed by atoms with Crippen molar-refractivity contribution in [1.82, 2.24) is 0 Å². The number of amides is 1. The first kappa shape index (κ1) is 17.3. The Morgan fingerprint density at radius 3 is 2.29 bits per heavy atom. The van der Waals surface area contributed by atoms with Crippen LogP contribution in [0.3, 0.4) is 0 Å². The van der Waals surface area contributed by atoms with Gasteiger partial charge in [-0.2, -0.15) is 0 Å². The number of hydrogen-bond acceptors (Lipinski definition) is 5. The number of primary amides is 1. The summed E-state index contributed by atoms with van der Waals surface area (Å²) in [6.07, 6.45) is 0.0898. The van der Waals surface area contributed by atoms with Gasteiger partial charge in [0.2, 0.25) is 5.91 Å². The summed E-state index contributed by atoms with van der Waals surface area (Å²) in [5.74, 6) is 0.346. The standard InChI is InChI=1S/C18H19NO5/c1-22-15-8-7-14(16(10-15)23-2)9-17(20)24-11-12-3-5-13(6-4-12)18(19)21/h3-8,10H,9,11H2,1-2H3,(H2,19,21). The molecule has 6 nitrogen and oxygen atoms in total. The van der Waals surface area contributed by atoms with Gasteiger partial charge in [-0.25, -0.2) is 0 Å². The maximum atomic E-state index is 12.0. The van der Waals surface area contributed by atoms with Crippen LogP contribution in [-0.2, 0) is 22.6 Å². The summed E-state index contributed by atoms with van der Waals surface area (Å²) >= 11 is 0. The molecule has 2 N–H and O–H groups in total. The molecule has 0 atom stereocenters. The van der Waals surface area contributed by atoms with Crippen molar-refractivity contribution in [3.63, 3.8) is 0 Å². The molecule has 0 aliphatic heterocycles. The Kier molecular flexibility index (Phi) is 5.78. The third kappa shape index (κ3) is 4.49. The van der Waals surface area contributed by atoms with Crippen molar-refractivity contribution >= 4 is 11.9 Å². The van der Waals surface area contributed by atoms with E-state index < -0.39 is 5.91 Å². The highest BCUT2D eigenvalue weighted by Crippen LogP contribution is 2.25. The van der Waals surface area contributed by atoms with E-state index >= 15 is 0 Å². The van der Waals surface area contributed by atoms with E-state index in [0.717, 1.165) is 5.56 Å². The van der Waals surface area contributed by atoms with Gasteiger partial charge in [0.1, 0.15) is 18.1 Å². The molecule has 0 saturated heterocycles. The predicted octanol–water partition coefficient (Wildman–Crippen LogP) is 2.09. The van der Waals surface area contributed by atoms with Gasteiger partial charge in [0.05, 0.1) is 20.6 Å². The fraction of sp³-hybridized carbons (Fsp3) is 0.222. The fourth-order valence-electron chi connectivity index (χ4n) is 2.13. The van der Waals surface area contributed by atoms with Crippen molar-refractivity contribution in [1.29, 1.82) is 0 Å². The first-order valence-corrected chi connectivity index (χ1v) is 7.28. The molecule has 0 aliphatic rings. The van der Waals surface area contributed by atoms with E-state index in [4.69, 9.17) is 19.9 Å². The quantitative estimate of drug-likeness (QED) is 0.786. The first-order valence-electron chi connectivity index (χ1n) is 7.28. The number of carbonyl (C=O) groups excluding carboxylic acids is 2. The van der Waals surface area contributed by atoms with Crippen LogP contribution in [0.2, 0.25) is 0 Å². The van der Waals surface area contributed by atoms with Crippen LogP contribution in [0.4, 0.5) is 0 Å².